The minimum absolute atomic E-state index is 0.0167. The highest BCUT2D eigenvalue weighted by Gasteiger charge is 2.34. The summed E-state index contributed by atoms with van der Waals surface area (Å²) in [7, 11) is 0. The van der Waals surface area contributed by atoms with Crippen LogP contribution >= 0.6 is 12.2 Å². The van der Waals surface area contributed by atoms with Crippen LogP contribution < -0.4 is 10.6 Å². The molecule has 2 aliphatic heterocycles. The molecular formula is C23H31N3O5S. The summed E-state index contributed by atoms with van der Waals surface area (Å²) in [5.74, 6) is -1.18. The summed E-state index contributed by atoms with van der Waals surface area (Å²) in [6.07, 6.45) is 1.57. The summed E-state index contributed by atoms with van der Waals surface area (Å²) in [5, 5.41) is 5.54. The van der Waals surface area contributed by atoms with Crippen molar-refractivity contribution in [2.24, 2.45) is 0 Å². The van der Waals surface area contributed by atoms with Gasteiger partial charge in [-0.05, 0) is 48.2 Å². The monoisotopic (exact) mass is 461 g/mol. The van der Waals surface area contributed by atoms with Crippen LogP contribution in [0.1, 0.15) is 56.0 Å². The number of hydrogen-bond donors (Lipinski definition) is 2. The first-order valence-electron chi connectivity index (χ1n) is 10.9. The summed E-state index contributed by atoms with van der Waals surface area (Å²) in [4.78, 5) is 39.0. The third kappa shape index (κ3) is 6.26. The summed E-state index contributed by atoms with van der Waals surface area (Å²) in [6, 6.07) is 6.50. The number of nitrogens with one attached hydrogen (secondary N) is 2. The molecule has 9 heteroatoms. The molecule has 0 aromatic heterocycles. The minimum Gasteiger partial charge on any atom is -0.463 e. The van der Waals surface area contributed by atoms with Crippen LogP contribution in [0.2, 0.25) is 0 Å². The van der Waals surface area contributed by atoms with E-state index >= 15 is 0 Å². The fourth-order valence-electron chi connectivity index (χ4n) is 3.70. The lowest BCUT2D eigenvalue weighted by Gasteiger charge is -2.36. The summed E-state index contributed by atoms with van der Waals surface area (Å²) in [6.45, 7) is 7.92. The lowest BCUT2D eigenvalue weighted by molar-refractivity contribution is -0.150. The molecule has 32 heavy (non-hydrogen) atoms. The number of carbonyl (C=O) groups is 3. The normalized spacial score (nSPS) is 21.1. The van der Waals surface area contributed by atoms with E-state index in [1.54, 1.807) is 17.0 Å². The summed E-state index contributed by atoms with van der Waals surface area (Å²) >= 11 is 5.41. The van der Waals surface area contributed by atoms with Crippen LogP contribution in [0, 0.1) is 0 Å². The molecule has 2 heterocycles. The molecule has 0 aliphatic carbocycles. The second-order valence-electron chi connectivity index (χ2n) is 9.11. The highest BCUT2D eigenvalue weighted by molar-refractivity contribution is 7.80. The van der Waals surface area contributed by atoms with Crippen LogP contribution in [0.15, 0.2) is 24.3 Å². The van der Waals surface area contributed by atoms with E-state index in [0.29, 0.717) is 25.3 Å². The number of piperazine rings is 1. The average molecular weight is 462 g/mol. The maximum atomic E-state index is 12.7. The van der Waals surface area contributed by atoms with Gasteiger partial charge in [-0.3, -0.25) is 19.7 Å². The van der Waals surface area contributed by atoms with Crippen LogP contribution in [0.4, 0.5) is 0 Å². The van der Waals surface area contributed by atoms with Gasteiger partial charge in [-0.2, -0.15) is 0 Å². The van der Waals surface area contributed by atoms with Crippen molar-refractivity contribution < 1.29 is 23.9 Å². The fourth-order valence-corrected chi connectivity index (χ4v) is 4.01. The number of rotatable bonds is 5. The van der Waals surface area contributed by atoms with E-state index in [-0.39, 0.29) is 41.5 Å². The Hall–Kier alpha value is -2.52. The van der Waals surface area contributed by atoms with Crippen LogP contribution in [-0.4, -0.2) is 66.2 Å². The van der Waals surface area contributed by atoms with E-state index in [1.165, 1.54) is 0 Å². The van der Waals surface area contributed by atoms with Crippen molar-refractivity contribution in [3.63, 3.8) is 0 Å². The Balaban J connectivity index is 1.59. The summed E-state index contributed by atoms with van der Waals surface area (Å²) < 4.78 is 10.7. The van der Waals surface area contributed by atoms with Crippen LogP contribution in [0.5, 0.6) is 0 Å². The number of hydrogen-bond acceptors (Lipinski definition) is 6. The number of ether oxygens (including phenoxy) is 2. The molecule has 0 bridgehead atoms. The van der Waals surface area contributed by atoms with Crippen LogP contribution in [-0.2, 0) is 24.5 Å². The van der Waals surface area contributed by atoms with Gasteiger partial charge in [0.05, 0.1) is 12.5 Å². The maximum Gasteiger partial charge on any atom is 0.308 e. The Labute approximate surface area is 194 Å². The number of esters is 1. The predicted octanol–water partition coefficient (Wildman–Crippen LogP) is 1.91. The second kappa shape index (κ2) is 10.4. The Morgan fingerprint density at radius 3 is 2.62 bits per heavy atom. The SMILES string of the molecule is CC(C)(C)c1ccc(C(=O)NC(=S)N2CCNC(=O)[C@@H]2CC(=O)OC[C@@H]2CCCO2)cc1. The van der Waals surface area contributed by atoms with Gasteiger partial charge >= 0.3 is 5.97 Å². The molecule has 0 spiro atoms. The topological polar surface area (TPSA) is 97.0 Å². The van der Waals surface area contributed by atoms with Gasteiger partial charge in [-0.1, -0.05) is 32.9 Å². The summed E-state index contributed by atoms with van der Waals surface area (Å²) in [5.41, 5.74) is 1.57. The highest BCUT2D eigenvalue weighted by atomic mass is 32.1. The third-order valence-electron chi connectivity index (χ3n) is 5.64. The van der Waals surface area contributed by atoms with Crippen molar-refractivity contribution in [3.8, 4) is 0 Å². The first-order chi connectivity index (χ1) is 15.1. The van der Waals surface area contributed by atoms with Gasteiger partial charge in [0.15, 0.2) is 5.11 Å². The zero-order valence-corrected chi connectivity index (χ0v) is 19.6. The van der Waals surface area contributed by atoms with Gasteiger partial charge in [0.2, 0.25) is 5.91 Å². The Morgan fingerprint density at radius 1 is 1.28 bits per heavy atom. The van der Waals surface area contributed by atoms with Gasteiger partial charge in [0.25, 0.3) is 5.91 Å². The zero-order chi connectivity index (χ0) is 23.3. The zero-order valence-electron chi connectivity index (χ0n) is 18.8. The first kappa shape index (κ1) is 24.1. The highest BCUT2D eigenvalue weighted by Crippen LogP contribution is 2.22. The molecule has 174 valence electrons. The molecule has 0 unspecified atom stereocenters. The number of carbonyl (C=O) groups excluding carboxylic acids is 3. The molecular weight excluding hydrogens is 430 g/mol. The fraction of sp³-hybridized carbons (Fsp3) is 0.565. The van der Waals surface area contributed by atoms with E-state index in [9.17, 15) is 14.4 Å². The molecule has 2 atom stereocenters. The number of benzene rings is 1. The van der Waals surface area contributed by atoms with Crippen molar-refractivity contribution >= 4 is 35.1 Å². The predicted molar refractivity (Wildman–Crippen MR) is 123 cm³/mol. The van der Waals surface area contributed by atoms with Gasteiger partial charge < -0.3 is 19.7 Å². The molecule has 2 saturated heterocycles. The molecule has 2 N–H and O–H groups in total. The van der Waals surface area contributed by atoms with Crippen molar-refractivity contribution in [2.45, 2.75) is 57.6 Å². The smallest absolute Gasteiger partial charge is 0.308 e. The van der Waals surface area contributed by atoms with Crippen molar-refractivity contribution in [1.29, 1.82) is 0 Å². The van der Waals surface area contributed by atoms with E-state index in [0.717, 1.165) is 18.4 Å². The molecule has 0 radical (unpaired) electrons. The second-order valence-corrected chi connectivity index (χ2v) is 9.50. The van der Waals surface area contributed by atoms with Gasteiger partial charge in [-0.15, -0.1) is 0 Å². The van der Waals surface area contributed by atoms with Crippen molar-refractivity contribution in [1.82, 2.24) is 15.5 Å². The molecule has 2 aliphatic rings. The van der Waals surface area contributed by atoms with E-state index < -0.39 is 12.0 Å². The van der Waals surface area contributed by atoms with E-state index in [1.807, 2.05) is 12.1 Å². The largest absolute Gasteiger partial charge is 0.463 e. The molecule has 1 aromatic rings. The minimum atomic E-state index is -0.836. The van der Waals surface area contributed by atoms with Crippen molar-refractivity contribution in [2.75, 3.05) is 26.3 Å². The third-order valence-corrected chi connectivity index (χ3v) is 5.98. The molecule has 0 saturated carbocycles. The number of amides is 2. The van der Waals surface area contributed by atoms with Gasteiger partial charge in [0.1, 0.15) is 12.6 Å². The Morgan fingerprint density at radius 2 is 2.00 bits per heavy atom. The Bertz CT molecular complexity index is 859. The first-order valence-corrected chi connectivity index (χ1v) is 11.3. The van der Waals surface area contributed by atoms with Gasteiger partial charge in [0, 0.05) is 25.3 Å². The molecule has 1 aromatic carbocycles. The molecule has 2 amide bonds. The molecule has 2 fully saturated rings. The van der Waals surface area contributed by atoms with Crippen LogP contribution in [0.3, 0.4) is 0 Å². The lowest BCUT2D eigenvalue weighted by atomic mass is 9.87. The van der Waals surface area contributed by atoms with Gasteiger partial charge in [-0.25, -0.2) is 0 Å². The average Bonchev–Trinajstić information content (AvgIpc) is 3.27. The van der Waals surface area contributed by atoms with Crippen LogP contribution in [0.25, 0.3) is 0 Å². The standard InChI is InChI=1S/C23H31N3O5S/c1-23(2,3)16-8-6-15(7-9-16)20(28)25-22(32)26-11-10-24-21(29)18(26)13-19(27)31-14-17-5-4-12-30-17/h6-9,17-18H,4-5,10-14H2,1-3H3,(H,24,29)(H,25,28,32)/t17-,18-/m0/s1. The number of thiocarbonyl (C=S) groups is 1. The number of nitrogens with zero attached hydrogens (tertiary/aromatic N) is 1. The lowest BCUT2D eigenvalue weighted by Crippen LogP contribution is -2.60. The quantitative estimate of drug-likeness (QED) is 0.511. The molecule has 3 rings (SSSR count). The Kier molecular flexibility index (Phi) is 7.84. The van der Waals surface area contributed by atoms with E-state index in [4.69, 9.17) is 21.7 Å². The van der Waals surface area contributed by atoms with Crippen molar-refractivity contribution in [3.05, 3.63) is 35.4 Å². The maximum absolute atomic E-state index is 12.7. The van der Waals surface area contributed by atoms with E-state index in [2.05, 4.69) is 31.4 Å². The molecule has 8 nitrogen and oxygen atoms in total.